The molecule has 66 valence electrons. The average molecular weight is 174 g/mol. The van der Waals surface area contributed by atoms with Crippen LogP contribution in [0.15, 0.2) is 34.9 Å². The quantitative estimate of drug-likeness (QED) is 0.621. The Bertz CT molecular complexity index is 444. The largest absolute Gasteiger partial charge is 0.464 e. The average Bonchev–Trinajstić information content (AvgIpc) is 2.74. The standard InChI is InChI=1S/C11H10O2/c1-7-11(13-7)9-6-12-10-5-3-2-4-8(9)10/h2-7,11H,1H3. The van der Waals surface area contributed by atoms with Crippen LogP contribution in [0.5, 0.6) is 0 Å². The van der Waals surface area contributed by atoms with Gasteiger partial charge in [-0.1, -0.05) is 18.2 Å². The van der Waals surface area contributed by atoms with E-state index in [1.807, 2.05) is 18.2 Å². The van der Waals surface area contributed by atoms with Gasteiger partial charge < -0.3 is 9.15 Å². The molecule has 1 aliphatic rings. The van der Waals surface area contributed by atoms with Crippen molar-refractivity contribution in [3.63, 3.8) is 0 Å². The molecule has 0 aliphatic carbocycles. The fourth-order valence-corrected chi connectivity index (χ4v) is 1.73. The summed E-state index contributed by atoms with van der Waals surface area (Å²) in [4.78, 5) is 0. The highest BCUT2D eigenvalue weighted by Crippen LogP contribution is 2.41. The van der Waals surface area contributed by atoms with Crippen LogP contribution in [0.2, 0.25) is 0 Å². The first-order valence-corrected chi connectivity index (χ1v) is 4.48. The summed E-state index contributed by atoms with van der Waals surface area (Å²) in [6.45, 7) is 2.08. The van der Waals surface area contributed by atoms with E-state index >= 15 is 0 Å². The van der Waals surface area contributed by atoms with Crippen molar-refractivity contribution < 1.29 is 9.15 Å². The van der Waals surface area contributed by atoms with Crippen molar-refractivity contribution in [1.29, 1.82) is 0 Å². The minimum Gasteiger partial charge on any atom is -0.464 e. The summed E-state index contributed by atoms with van der Waals surface area (Å²) in [6, 6.07) is 8.05. The van der Waals surface area contributed by atoms with Crippen molar-refractivity contribution >= 4 is 11.0 Å². The molecule has 3 rings (SSSR count). The fourth-order valence-electron chi connectivity index (χ4n) is 1.73. The molecule has 0 bridgehead atoms. The summed E-state index contributed by atoms with van der Waals surface area (Å²) in [6.07, 6.45) is 2.41. The second-order valence-electron chi connectivity index (χ2n) is 3.45. The number of rotatable bonds is 1. The first kappa shape index (κ1) is 7.15. The van der Waals surface area contributed by atoms with Crippen molar-refractivity contribution in [2.24, 2.45) is 0 Å². The van der Waals surface area contributed by atoms with E-state index < -0.39 is 0 Å². The molecule has 1 aliphatic heterocycles. The van der Waals surface area contributed by atoms with E-state index in [1.54, 1.807) is 6.26 Å². The Kier molecular flexibility index (Phi) is 1.30. The predicted octanol–water partition coefficient (Wildman–Crippen LogP) is 2.89. The van der Waals surface area contributed by atoms with Gasteiger partial charge in [-0.25, -0.2) is 0 Å². The van der Waals surface area contributed by atoms with E-state index in [-0.39, 0.29) is 6.10 Å². The summed E-state index contributed by atoms with van der Waals surface area (Å²) >= 11 is 0. The van der Waals surface area contributed by atoms with Crippen LogP contribution in [-0.2, 0) is 4.74 Å². The van der Waals surface area contributed by atoms with Gasteiger partial charge in [0.25, 0.3) is 0 Å². The van der Waals surface area contributed by atoms with Crippen LogP contribution in [0.3, 0.4) is 0 Å². The SMILES string of the molecule is CC1OC1c1coc2ccccc12. The molecule has 0 saturated carbocycles. The Morgan fingerprint density at radius 1 is 1.23 bits per heavy atom. The number of benzene rings is 1. The maximum absolute atomic E-state index is 5.42. The van der Waals surface area contributed by atoms with E-state index in [9.17, 15) is 0 Å². The van der Waals surface area contributed by atoms with Crippen molar-refractivity contribution in [1.82, 2.24) is 0 Å². The van der Waals surface area contributed by atoms with Gasteiger partial charge in [0.15, 0.2) is 0 Å². The van der Waals surface area contributed by atoms with Gasteiger partial charge in [-0.3, -0.25) is 0 Å². The van der Waals surface area contributed by atoms with Crippen LogP contribution in [0, 0.1) is 0 Å². The van der Waals surface area contributed by atoms with Gasteiger partial charge in [-0.15, -0.1) is 0 Å². The molecule has 2 aromatic rings. The summed E-state index contributed by atoms with van der Waals surface area (Å²) in [5.41, 5.74) is 2.13. The highest BCUT2D eigenvalue weighted by molar-refractivity contribution is 5.81. The predicted molar refractivity (Wildman–Crippen MR) is 49.5 cm³/mol. The van der Waals surface area contributed by atoms with Crippen LogP contribution < -0.4 is 0 Å². The van der Waals surface area contributed by atoms with Crippen LogP contribution >= 0.6 is 0 Å². The van der Waals surface area contributed by atoms with E-state index in [2.05, 4.69) is 13.0 Å². The van der Waals surface area contributed by atoms with E-state index in [0.717, 1.165) is 5.58 Å². The topological polar surface area (TPSA) is 25.7 Å². The lowest BCUT2D eigenvalue weighted by atomic mass is 10.1. The van der Waals surface area contributed by atoms with Gasteiger partial charge in [0, 0.05) is 10.9 Å². The number of hydrogen-bond donors (Lipinski definition) is 0. The molecule has 2 atom stereocenters. The van der Waals surface area contributed by atoms with E-state index in [1.165, 1.54) is 10.9 Å². The molecule has 2 unspecified atom stereocenters. The lowest BCUT2D eigenvalue weighted by molar-refractivity contribution is 0.382. The fraction of sp³-hybridized carbons (Fsp3) is 0.273. The normalized spacial score (nSPS) is 26.5. The molecule has 2 nitrogen and oxygen atoms in total. The molecular weight excluding hydrogens is 164 g/mol. The zero-order chi connectivity index (χ0) is 8.84. The highest BCUT2D eigenvalue weighted by atomic mass is 16.6. The third kappa shape index (κ3) is 0.988. The van der Waals surface area contributed by atoms with Gasteiger partial charge in [0.2, 0.25) is 0 Å². The first-order chi connectivity index (χ1) is 6.36. The Hall–Kier alpha value is -1.28. The third-order valence-electron chi connectivity index (χ3n) is 2.53. The monoisotopic (exact) mass is 174 g/mol. The van der Waals surface area contributed by atoms with Crippen molar-refractivity contribution in [2.75, 3.05) is 0 Å². The van der Waals surface area contributed by atoms with Crippen molar-refractivity contribution in [2.45, 2.75) is 19.1 Å². The molecule has 2 heteroatoms. The Morgan fingerprint density at radius 3 is 2.77 bits per heavy atom. The van der Waals surface area contributed by atoms with Crippen LogP contribution in [-0.4, -0.2) is 6.10 Å². The van der Waals surface area contributed by atoms with Crippen molar-refractivity contribution in [3.8, 4) is 0 Å². The molecule has 1 aromatic heterocycles. The Labute approximate surface area is 76.1 Å². The van der Waals surface area contributed by atoms with E-state index in [0.29, 0.717) is 6.10 Å². The first-order valence-electron chi connectivity index (χ1n) is 4.48. The smallest absolute Gasteiger partial charge is 0.134 e. The number of hydrogen-bond acceptors (Lipinski definition) is 2. The molecule has 13 heavy (non-hydrogen) atoms. The third-order valence-corrected chi connectivity index (χ3v) is 2.53. The number of epoxide rings is 1. The number of fused-ring (bicyclic) bond motifs is 1. The summed E-state index contributed by atoms with van der Waals surface area (Å²) in [5.74, 6) is 0. The minimum atomic E-state index is 0.253. The Balaban J connectivity index is 2.19. The van der Waals surface area contributed by atoms with Gasteiger partial charge in [-0.05, 0) is 13.0 Å². The lowest BCUT2D eigenvalue weighted by Gasteiger charge is -1.89. The summed E-state index contributed by atoms with van der Waals surface area (Å²) < 4.78 is 10.8. The zero-order valence-electron chi connectivity index (χ0n) is 7.36. The molecule has 0 N–H and O–H groups in total. The molecule has 0 amide bonds. The second kappa shape index (κ2) is 2.36. The number of para-hydroxylation sites is 1. The maximum atomic E-state index is 5.42. The van der Waals surface area contributed by atoms with Gasteiger partial charge >= 0.3 is 0 Å². The summed E-state index contributed by atoms with van der Waals surface area (Å²) in [5, 5.41) is 1.18. The number of ether oxygens (including phenoxy) is 1. The maximum Gasteiger partial charge on any atom is 0.134 e. The molecule has 1 fully saturated rings. The second-order valence-corrected chi connectivity index (χ2v) is 3.45. The van der Waals surface area contributed by atoms with Gasteiger partial charge in [0.1, 0.15) is 11.7 Å². The van der Waals surface area contributed by atoms with E-state index in [4.69, 9.17) is 9.15 Å². The summed E-state index contributed by atoms with van der Waals surface area (Å²) in [7, 11) is 0. The molecule has 0 radical (unpaired) electrons. The van der Waals surface area contributed by atoms with Crippen LogP contribution in [0.4, 0.5) is 0 Å². The molecule has 1 aromatic carbocycles. The molecule has 0 spiro atoms. The zero-order valence-corrected chi connectivity index (χ0v) is 7.36. The van der Waals surface area contributed by atoms with Crippen LogP contribution in [0.25, 0.3) is 11.0 Å². The molecular formula is C11H10O2. The Morgan fingerprint density at radius 2 is 2.00 bits per heavy atom. The molecule has 1 saturated heterocycles. The molecule has 2 heterocycles. The van der Waals surface area contributed by atoms with Crippen LogP contribution in [0.1, 0.15) is 18.6 Å². The van der Waals surface area contributed by atoms with Crippen molar-refractivity contribution in [3.05, 3.63) is 36.1 Å². The van der Waals surface area contributed by atoms with Gasteiger partial charge in [-0.2, -0.15) is 0 Å². The highest BCUT2D eigenvalue weighted by Gasteiger charge is 2.37. The minimum absolute atomic E-state index is 0.253. The lowest BCUT2D eigenvalue weighted by Crippen LogP contribution is -1.79. The number of furan rings is 1. The van der Waals surface area contributed by atoms with Gasteiger partial charge in [0.05, 0.1) is 12.4 Å².